The van der Waals surface area contributed by atoms with Crippen molar-refractivity contribution in [3.05, 3.63) is 24.3 Å². The average molecular weight is 298 g/mol. The predicted molar refractivity (Wildman–Crippen MR) is 78.7 cm³/mol. The van der Waals surface area contributed by atoms with Gasteiger partial charge in [0.2, 0.25) is 10.0 Å². The molecular formula is C14H22N2O3S. The molecule has 0 unspecified atom stereocenters. The number of anilines is 1. The van der Waals surface area contributed by atoms with Gasteiger partial charge in [0.05, 0.1) is 10.5 Å². The second-order valence-corrected chi connectivity index (χ2v) is 7.30. The first-order valence-electron chi connectivity index (χ1n) is 6.99. The van der Waals surface area contributed by atoms with E-state index in [0.717, 1.165) is 25.7 Å². The largest absolute Gasteiger partial charge is 0.399 e. The number of nitrogen functional groups attached to an aromatic ring is 1. The zero-order chi connectivity index (χ0) is 14.6. The van der Waals surface area contributed by atoms with E-state index in [9.17, 15) is 13.5 Å². The molecule has 0 spiro atoms. The summed E-state index contributed by atoms with van der Waals surface area (Å²) >= 11 is 0. The van der Waals surface area contributed by atoms with Crippen LogP contribution >= 0.6 is 0 Å². The maximum atomic E-state index is 12.2. The number of hydrogen-bond donors (Lipinski definition) is 3. The van der Waals surface area contributed by atoms with E-state index in [2.05, 4.69) is 4.72 Å². The molecule has 1 fully saturated rings. The summed E-state index contributed by atoms with van der Waals surface area (Å²) < 4.78 is 26.9. The van der Waals surface area contributed by atoms with Gasteiger partial charge in [0.1, 0.15) is 0 Å². The molecule has 4 N–H and O–H groups in total. The number of benzene rings is 1. The Morgan fingerprint density at radius 1 is 1.20 bits per heavy atom. The first-order chi connectivity index (χ1) is 9.41. The Kier molecular flexibility index (Phi) is 4.67. The number of sulfonamides is 1. The molecule has 1 aliphatic carbocycles. The SMILES string of the molecule is Nc1cccc(S(=O)(=O)NCC2(O)CCCCCC2)c1. The van der Waals surface area contributed by atoms with Crippen LogP contribution in [0.1, 0.15) is 38.5 Å². The lowest BCUT2D eigenvalue weighted by molar-refractivity contribution is 0.0303. The molecule has 1 aliphatic rings. The summed E-state index contributed by atoms with van der Waals surface area (Å²) in [6, 6.07) is 6.15. The van der Waals surface area contributed by atoms with Gasteiger partial charge < -0.3 is 10.8 Å². The lowest BCUT2D eigenvalue weighted by Gasteiger charge is -2.26. The molecule has 0 bridgehead atoms. The van der Waals surface area contributed by atoms with Crippen molar-refractivity contribution in [3.8, 4) is 0 Å². The molecule has 1 aromatic rings. The molecule has 0 heterocycles. The quantitative estimate of drug-likeness (QED) is 0.582. The fourth-order valence-corrected chi connectivity index (χ4v) is 3.73. The van der Waals surface area contributed by atoms with Gasteiger partial charge in [-0.1, -0.05) is 31.7 Å². The predicted octanol–water partition coefficient (Wildman–Crippen LogP) is 1.63. The minimum atomic E-state index is -3.62. The zero-order valence-corrected chi connectivity index (χ0v) is 12.3. The monoisotopic (exact) mass is 298 g/mol. The summed E-state index contributed by atoms with van der Waals surface area (Å²) in [6.45, 7) is 0.0597. The van der Waals surface area contributed by atoms with E-state index in [-0.39, 0.29) is 11.4 Å². The Labute approximate surface area is 120 Å². The minimum Gasteiger partial charge on any atom is -0.399 e. The van der Waals surface area contributed by atoms with E-state index in [1.165, 1.54) is 12.1 Å². The molecule has 20 heavy (non-hydrogen) atoms. The molecule has 0 amide bonds. The van der Waals surface area contributed by atoms with Gasteiger partial charge in [0, 0.05) is 12.2 Å². The summed E-state index contributed by atoms with van der Waals surface area (Å²) in [7, 11) is -3.62. The Hall–Kier alpha value is -1.11. The molecule has 0 radical (unpaired) electrons. The van der Waals surface area contributed by atoms with Crippen molar-refractivity contribution in [1.29, 1.82) is 0 Å². The number of hydrogen-bond acceptors (Lipinski definition) is 4. The van der Waals surface area contributed by atoms with Gasteiger partial charge in [0.15, 0.2) is 0 Å². The first kappa shape index (κ1) is 15.3. The highest BCUT2D eigenvalue weighted by Crippen LogP contribution is 2.26. The molecule has 2 rings (SSSR count). The van der Waals surface area contributed by atoms with Crippen LogP contribution in [0.4, 0.5) is 5.69 Å². The van der Waals surface area contributed by atoms with Gasteiger partial charge in [-0.25, -0.2) is 13.1 Å². The summed E-state index contributed by atoms with van der Waals surface area (Å²) in [5.41, 5.74) is 5.08. The topological polar surface area (TPSA) is 92.4 Å². The van der Waals surface area contributed by atoms with Crippen molar-refractivity contribution >= 4 is 15.7 Å². The number of nitrogens with one attached hydrogen (secondary N) is 1. The zero-order valence-electron chi connectivity index (χ0n) is 11.5. The fourth-order valence-electron chi connectivity index (χ4n) is 2.56. The molecule has 6 heteroatoms. The maximum absolute atomic E-state index is 12.2. The van der Waals surface area contributed by atoms with Crippen LogP contribution in [0.5, 0.6) is 0 Å². The first-order valence-corrected chi connectivity index (χ1v) is 8.47. The third-order valence-corrected chi connectivity index (χ3v) is 5.19. The van der Waals surface area contributed by atoms with Crippen LogP contribution in [0.2, 0.25) is 0 Å². The van der Waals surface area contributed by atoms with Crippen molar-refractivity contribution in [2.45, 2.75) is 49.0 Å². The van der Waals surface area contributed by atoms with E-state index in [1.807, 2.05) is 0 Å². The molecule has 0 atom stereocenters. The van der Waals surface area contributed by atoms with Crippen molar-refractivity contribution in [3.63, 3.8) is 0 Å². The van der Waals surface area contributed by atoms with Crippen LogP contribution in [-0.4, -0.2) is 25.7 Å². The summed E-state index contributed by atoms with van der Waals surface area (Å²) in [5, 5.41) is 10.5. The van der Waals surface area contributed by atoms with Gasteiger partial charge in [-0.2, -0.15) is 0 Å². The van der Waals surface area contributed by atoms with Crippen LogP contribution < -0.4 is 10.5 Å². The lowest BCUT2D eigenvalue weighted by Crippen LogP contribution is -2.42. The number of rotatable bonds is 4. The van der Waals surface area contributed by atoms with Crippen molar-refractivity contribution in [1.82, 2.24) is 4.72 Å². The van der Waals surface area contributed by atoms with Gasteiger partial charge >= 0.3 is 0 Å². The summed E-state index contributed by atoms with van der Waals surface area (Å²) in [4.78, 5) is 0.134. The summed E-state index contributed by atoms with van der Waals surface area (Å²) in [6.07, 6.45) is 5.38. The maximum Gasteiger partial charge on any atom is 0.240 e. The summed E-state index contributed by atoms with van der Waals surface area (Å²) in [5.74, 6) is 0. The van der Waals surface area contributed by atoms with Gasteiger partial charge in [0.25, 0.3) is 0 Å². The van der Waals surface area contributed by atoms with Crippen molar-refractivity contribution < 1.29 is 13.5 Å². The molecule has 112 valence electrons. The van der Waals surface area contributed by atoms with E-state index in [1.54, 1.807) is 12.1 Å². The lowest BCUT2D eigenvalue weighted by atomic mass is 9.95. The molecule has 0 saturated heterocycles. The third-order valence-electron chi connectivity index (χ3n) is 3.79. The van der Waals surface area contributed by atoms with Gasteiger partial charge in [-0.05, 0) is 31.0 Å². The highest BCUT2D eigenvalue weighted by atomic mass is 32.2. The van der Waals surface area contributed by atoms with Gasteiger partial charge in [-0.3, -0.25) is 0 Å². The minimum absolute atomic E-state index is 0.0597. The highest BCUT2D eigenvalue weighted by molar-refractivity contribution is 7.89. The van der Waals surface area contributed by atoms with Crippen LogP contribution in [0.15, 0.2) is 29.2 Å². The molecule has 1 saturated carbocycles. The number of nitrogens with two attached hydrogens (primary N) is 1. The highest BCUT2D eigenvalue weighted by Gasteiger charge is 2.29. The Morgan fingerprint density at radius 3 is 2.45 bits per heavy atom. The Bertz CT molecular complexity index is 549. The van der Waals surface area contributed by atoms with Crippen LogP contribution in [0.3, 0.4) is 0 Å². The van der Waals surface area contributed by atoms with E-state index in [0.29, 0.717) is 18.5 Å². The standard InChI is InChI=1S/C14H22N2O3S/c15-12-6-5-7-13(10-12)20(18,19)16-11-14(17)8-3-1-2-4-9-14/h5-7,10,16-17H,1-4,8-9,11,15H2. The number of aliphatic hydroxyl groups is 1. The normalized spacial score (nSPS) is 19.4. The Morgan fingerprint density at radius 2 is 1.85 bits per heavy atom. The fraction of sp³-hybridized carbons (Fsp3) is 0.571. The van der Waals surface area contributed by atoms with Crippen LogP contribution in [0, 0.1) is 0 Å². The average Bonchev–Trinajstić information content (AvgIpc) is 2.62. The van der Waals surface area contributed by atoms with Gasteiger partial charge in [-0.15, -0.1) is 0 Å². The molecular weight excluding hydrogens is 276 g/mol. The van der Waals surface area contributed by atoms with E-state index < -0.39 is 15.6 Å². The molecule has 5 nitrogen and oxygen atoms in total. The van der Waals surface area contributed by atoms with Crippen LogP contribution in [0.25, 0.3) is 0 Å². The van der Waals surface area contributed by atoms with Crippen molar-refractivity contribution in [2.24, 2.45) is 0 Å². The van der Waals surface area contributed by atoms with Crippen molar-refractivity contribution in [2.75, 3.05) is 12.3 Å². The second-order valence-electron chi connectivity index (χ2n) is 5.54. The smallest absolute Gasteiger partial charge is 0.240 e. The molecule has 0 aromatic heterocycles. The molecule has 1 aromatic carbocycles. The van der Waals surface area contributed by atoms with Crippen LogP contribution in [-0.2, 0) is 10.0 Å². The van der Waals surface area contributed by atoms with E-state index in [4.69, 9.17) is 5.73 Å². The van der Waals surface area contributed by atoms with E-state index >= 15 is 0 Å². The third kappa shape index (κ3) is 3.94. The molecule has 0 aliphatic heterocycles. The Balaban J connectivity index is 2.05. The second kappa shape index (κ2) is 6.11.